The molecule has 0 spiro atoms. The first-order valence-corrected chi connectivity index (χ1v) is 6.16. The predicted molar refractivity (Wildman–Crippen MR) is 67.1 cm³/mol. The largest absolute Gasteiger partial charge is 0.317 e. The number of rotatable bonds is 6. The molecule has 0 atom stereocenters. The van der Waals surface area contributed by atoms with Gasteiger partial charge in [0.2, 0.25) is 0 Å². The molecule has 15 heavy (non-hydrogen) atoms. The summed E-state index contributed by atoms with van der Waals surface area (Å²) in [5, 5.41) is 3.43. The van der Waals surface area contributed by atoms with Crippen LogP contribution < -0.4 is 5.32 Å². The maximum atomic E-state index is 3.76. The van der Waals surface area contributed by atoms with Gasteiger partial charge in [-0.1, -0.05) is 13.0 Å². The predicted octanol–water partition coefficient (Wildman–Crippen LogP) is 2.27. The molecule has 0 bridgehead atoms. The average Bonchev–Trinajstić information content (AvgIpc) is 2.18. The Bertz CT molecular complexity index is 183. The Hall–Kier alpha value is -0.340. The van der Waals surface area contributed by atoms with E-state index in [-0.39, 0.29) is 0 Å². The minimum Gasteiger partial charge on any atom is -0.317 e. The molecular formula is C13H26N2. The van der Waals surface area contributed by atoms with E-state index < -0.39 is 0 Å². The number of nitrogens with one attached hydrogen (secondary N) is 1. The van der Waals surface area contributed by atoms with Crippen LogP contribution in [0.5, 0.6) is 0 Å². The van der Waals surface area contributed by atoms with Crippen LogP contribution in [-0.2, 0) is 0 Å². The molecular weight excluding hydrogens is 184 g/mol. The second kappa shape index (κ2) is 6.29. The van der Waals surface area contributed by atoms with E-state index in [0.717, 1.165) is 6.42 Å². The van der Waals surface area contributed by atoms with Crippen LogP contribution in [0, 0.1) is 5.41 Å². The second-order valence-electron chi connectivity index (χ2n) is 5.23. The number of hydrogen-bond acceptors (Lipinski definition) is 2. The van der Waals surface area contributed by atoms with Crippen molar-refractivity contribution < 1.29 is 0 Å². The lowest BCUT2D eigenvalue weighted by atomic mass is 9.80. The first-order valence-electron chi connectivity index (χ1n) is 6.16. The molecule has 1 aliphatic rings. The molecule has 1 rings (SSSR count). The van der Waals surface area contributed by atoms with Gasteiger partial charge in [-0.25, -0.2) is 0 Å². The third-order valence-electron chi connectivity index (χ3n) is 3.41. The highest BCUT2D eigenvalue weighted by atomic mass is 15.1. The van der Waals surface area contributed by atoms with Crippen molar-refractivity contribution >= 4 is 0 Å². The molecule has 0 saturated carbocycles. The molecule has 0 amide bonds. The summed E-state index contributed by atoms with van der Waals surface area (Å²) in [5.41, 5.74) is 0.536. The summed E-state index contributed by atoms with van der Waals surface area (Å²) in [5.74, 6) is 0. The van der Waals surface area contributed by atoms with E-state index in [9.17, 15) is 0 Å². The van der Waals surface area contributed by atoms with E-state index in [4.69, 9.17) is 0 Å². The molecule has 0 aliphatic carbocycles. The molecule has 1 fully saturated rings. The van der Waals surface area contributed by atoms with Crippen molar-refractivity contribution in [3.8, 4) is 0 Å². The van der Waals surface area contributed by atoms with Crippen molar-refractivity contribution in [1.29, 1.82) is 0 Å². The van der Waals surface area contributed by atoms with Gasteiger partial charge in [0.05, 0.1) is 0 Å². The number of nitrogens with zero attached hydrogens (tertiary/aromatic N) is 1. The van der Waals surface area contributed by atoms with E-state index >= 15 is 0 Å². The Morgan fingerprint density at radius 1 is 1.40 bits per heavy atom. The van der Waals surface area contributed by atoms with Gasteiger partial charge in [-0.3, -0.25) is 0 Å². The van der Waals surface area contributed by atoms with Crippen molar-refractivity contribution in [3.05, 3.63) is 12.7 Å². The lowest BCUT2D eigenvalue weighted by molar-refractivity contribution is 0.147. The molecule has 1 saturated heterocycles. The Morgan fingerprint density at radius 3 is 2.67 bits per heavy atom. The van der Waals surface area contributed by atoms with Crippen LogP contribution in [-0.4, -0.2) is 38.1 Å². The van der Waals surface area contributed by atoms with E-state index in [2.05, 4.69) is 30.8 Å². The first-order chi connectivity index (χ1) is 7.16. The highest BCUT2D eigenvalue weighted by Gasteiger charge is 2.27. The fourth-order valence-corrected chi connectivity index (χ4v) is 2.42. The molecule has 0 aromatic heterocycles. The summed E-state index contributed by atoms with van der Waals surface area (Å²) in [6, 6.07) is 0. The van der Waals surface area contributed by atoms with Gasteiger partial charge in [0.1, 0.15) is 0 Å². The number of hydrogen-bond donors (Lipinski definition) is 1. The van der Waals surface area contributed by atoms with Crippen LogP contribution in [0.2, 0.25) is 0 Å². The van der Waals surface area contributed by atoms with Gasteiger partial charge >= 0.3 is 0 Å². The summed E-state index contributed by atoms with van der Waals surface area (Å²) < 4.78 is 0. The maximum absolute atomic E-state index is 3.76. The van der Waals surface area contributed by atoms with Gasteiger partial charge in [-0.2, -0.15) is 0 Å². The third kappa shape index (κ3) is 4.80. The number of unbranched alkanes of at least 4 members (excludes halogenated alkanes) is 1. The minimum absolute atomic E-state index is 0.536. The van der Waals surface area contributed by atoms with Crippen molar-refractivity contribution in [2.75, 3.05) is 33.2 Å². The normalized spacial score (nSPS) is 20.5. The molecule has 0 radical (unpaired) electrons. The highest BCUT2D eigenvalue weighted by Crippen LogP contribution is 2.28. The lowest BCUT2D eigenvalue weighted by Crippen LogP contribution is -2.42. The van der Waals surface area contributed by atoms with Crippen molar-refractivity contribution in [1.82, 2.24) is 10.2 Å². The van der Waals surface area contributed by atoms with Gasteiger partial charge < -0.3 is 10.2 Å². The van der Waals surface area contributed by atoms with Gasteiger partial charge in [0, 0.05) is 6.54 Å². The molecule has 0 aromatic carbocycles. The molecule has 1 aliphatic heterocycles. The molecule has 0 aromatic rings. The van der Waals surface area contributed by atoms with Crippen molar-refractivity contribution in [2.24, 2.45) is 5.41 Å². The van der Waals surface area contributed by atoms with Crippen molar-refractivity contribution in [3.63, 3.8) is 0 Å². The van der Waals surface area contributed by atoms with E-state index in [1.165, 1.54) is 45.4 Å². The van der Waals surface area contributed by atoms with E-state index in [0.29, 0.717) is 5.41 Å². The topological polar surface area (TPSA) is 15.3 Å². The molecule has 1 heterocycles. The zero-order valence-corrected chi connectivity index (χ0v) is 10.4. The molecule has 88 valence electrons. The quantitative estimate of drug-likeness (QED) is 0.534. The highest BCUT2D eigenvalue weighted by molar-refractivity contribution is 4.83. The Kier molecular flexibility index (Phi) is 5.34. The summed E-state index contributed by atoms with van der Waals surface area (Å²) in [6.45, 7) is 11.0. The molecule has 1 N–H and O–H groups in total. The fraction of sp³-hybridized carbons (Fsp3) is 0.846. The van der Waals surface area contributed by atoms with E-state index in [1.807, 2.05) is 6.08 Å². The van der Waals surface area contributed by atoms with Gasteiger partial charge in [0.25, 0.3) is 0 Å². The van der Waals surface area contributed by atoms with Gasteiger partial charge in [-0.05, 0) is 57.8 Å². The first kappa shape index (κ1) is 12.7. The average molecular weight is 210 g/mol. The zero-order valence-electron chi connectivity index (χ0n) is 10.4. The number of piperidine rings is 1. The Morgan fingerprint density at radius 2 is 2.07 bits per heavy atom. The minimum atomic E-state index is 0.536. The SMILES string of the molecule is C=CCCCN(C)CC1(C)CCNCC1. The second-order valence-corrected chi connectivity index (χ2v) is 5.23. The van der Waals surface area contributed by atoms with Gasteiger partial charge in [-0.15, -0.1) is 6.58 Å². The molecule has 2 nitrogen and oxygen atoms in total. The monoisotopic (exact) mass is 210 g/mol. The Balaban J connectivity index is 2.22. The number of allylic oxidation sites excluding steroid dienone is 1. The standard InChI is InChI=1S/C13H26N2/c1-4-5-6-11-15(3)12-13(2)7-9-14-10-8-13/h4,14H,1,5-12H2,2-3H3. The summed E-state index contributed by atoms with van der Waals surface area (Å²) in [7, 11) is 2.25. The van der Waals surface area contributed by atoms with Crippen LogP contribution in [0.25, 0.3) is 0 Å². The summed E-state index contributed by atoms with van der Waals surface area (Å²) in [6.07, 6.45) is 7.04. The van der Waals surface area contributed by atoms with Crippen LogP contribution in [0.4, 0.5) is 0 Å². The summed E-state index contributed by atoms with van der Waals surface area (Å²) >= 11 is 0. The van der Waals surface area contributed by atoms with Crippen LogP contribution in [0.1, 0.15) is 32.6 Å². The van der Waals surface area contributed by atoms with E-state index in [1.54, 1.807) is 0 Å². The zero-order chi connectivity index (χ0) is 11.1. The lowest BCUT2D eigenvalue weighted by Gasteiger charge is -2.37. The molecule has 0 unspecified atom stereocenters. The van der Waals surface area contributed by atoms with Crippen LogP contribution >= 0.6 is 0 Å². The fourth-order valence-electron chi connectivity index (χ4n) is 2.42. The smallest absolute Gasteiger partial charge is 0.00332 e. The van der Waals surface area contributed by atoms with Crippen LogP contribution in [0.3, 0.4) is 0 Å². The third-order valence-corrected chi connectivity index (χ3v) is 3.41. The van der Waals surface area contributed by atoms with Crippen molar-refractivity contribution in [2.45, 2.75) is 32.6 Å². The Labute approximate surface area is 94.7 Å². The maximum Gasteiger partial charge on any atom is 0.00332 e. The van der Waals surface area contributed by atoms with Crippen LogP contribution in [0.15, 0.2) is 12.7 Å². The van der Waals surface area contributed by atoms with Gasteiger partial charge in [0.15, 0.2) is 0 Å². The summed E-state index contributed by atoms with van der Waals surface area (Å²) in [4.78, 5) is 2.48. The molecule has 2 heteroatoms.